The summed E-state index contributed by atoms with van der Waals surface area (Å²) in [7, 11) is 1.75. The Morgan fingerprint density at radius 3 is 1.89 bits per heavy atom. The van der Waals surface area contributed by atoms with Crippen molar-refractivity contribution >= 4 is 5.97 Å². The number of likely N-dealkylation sites (N-methyl/N-ethyl adjacent to an activating group) is 1. The first-order valence-electron chi connectivity index (χ1n) is 7.61. The van der Waals surface area contributed by atoms with Crippen molar-refractivity contribution in [2.75, 3.05) is 20.2 Å². The van der Waals surface area contributed by atoms with Crippen molar-refractivity contribution in [1.29, 1.82) is 0 Å². The van der Waals surface area contributed by atoms with Crippen LogP contribution in [0, 0.1) is 0 Å². The Hall–Kier alpha value is 0.430. The molecular weight excluding hydrogens is 249 g/mol. The Morgan fingerprint density at radius 1 is 0.947 bits per heavy atom. The van der Waals surface area contributed by atoms with E-state index >= 15 is 0 Å². The van der Waals surface area contributed by atoms with Crippen molar-refractivity contribution in [3.05, 3.63) is 0 Å². The number of hydrogen-bond acceptors (Lipinski definition) is 3. The maximum absolute atomic E-state index is 11.0. The van der Waals surface area contributed by atoms with Crippen LogP contribution in [0.4, 0.5) is 0 Å². The molecule has 0 aromatic heterocycles. The first-order valence-corrected chi connectivity index (χ1v) is 7.61. The maximum Gasteiger partial charge on any atom is 1.00 e. The van der Waals surface area contributed by atoms with Crippen LogP contribution < -0.4 is 34.9 Å². The van der Waals surface area contributed by atoms with Crippen molar-refractivity contribution in [3.63, 3.8) is 0 Å². The molecule has 0 atom stereocenters. The summed E-state index contributed by atoms with van der Waals surface area (Å²) in [4.78, 5) is 11.0. The topological polar surface area (TPSA) is 38.3 Å². The molecule has 4 heteroatoms. The number of carbonyl (C=O) groups excluding carboxylic acids is 1. The molecule has 0 aliphatic heterocycles. The van der Waals surface area contributed by atoms with E-state index in [9.17, 15) is 4.79 Å². The number of nitrogens with one attached hydrogen (secondary N) is 1. The van der Waals surface area contributed by atoms with Crippen LogP contribution in [0.25, 0.3) is 0 Å². The minimum absolute atomic E-state index is 0. The first kappa shape index (κ1) is 21.7. The summed E-state index contributed by atoms with van der Waals surface area (Å²) >= 11 is 0. The Kier molecular flexibility index (Phi) is 21.1. The average molecular weight is 281 g/mol. The van der Waals surface area contributed by atoms with Gasteiger partial charge in [0.1, 0.15) is 0 Å². The fourth-order valence-electron chi connectivity index (χ4n) is 1.97. The molecule has 0 spiro atoms. The fraction of sp³-hybridized carbons (Fsp3) is 0.933. The third-order valence-electron chi connectivity index (χ3n) is 3.08. The molecule has 0 aromatic carbocycles. The monoisotopic (exact) mass is 281 g/mol. The van der Waals surface area contributed by atoms with Crippen LogP contribution in [0.15, 0.2) is 0 Å². The zero-order valence-corrected chi connectivity index (χ0v) is 15.3. The molecule has 0 heterocycles. The molecule has 0 aromatic rings. The molecule has 0 bridgehead atoms. The molecule has 3 nitrogen and oxygen atoms in total. The van der Waals surface area contributed by atoms with E-state index in [4.69, 9.17) is 4.74 Å². The van der Waals surface area contributed by atoms with Gasteiger partial charge in [0, 0.05) is 0 Å². The Morgan fingerprint density at radius 2 is 1.42 bits per heavy atom. The van der Waals surface area contributed by atoms with Gasteiger partial charge in [-0.1, -0.05) is 64.7 Å². The molecule has 1 N–H and O–H groups in total. The van der Waals surface area contributed by atoms with Gasteiger partial charge in [-0.3, -0.25) is 4.79 Å². The molecule has 0 rings (SSSR count). The van der Waals surface area contributed by atoms with Gasteiger partial charge in [0.2, 0.25) is 0 Å². The van der Waals surface area contributed by atoms with Crippen molar-refractivity contribution in [1.82, 2.24) is 5.32 Å². The van der Waals surface area contributed by atoms with E-state index in [-0.39, 0.29) is 37.0 Å². The molecule has 0 radical (unpaired) electrons. The quantitative estimate of drug-likeness (QED) is 0.308. The van der Waals surface area contributed by atoms with E-state index in [1.165, 1.54) is 57.8 Å². The summed E-state index contributed by atoms with van der Waals surface area (Å²) in [6.45, 7) is 3.15. The third kappa shape index (κ3) is 18.4. The molecule has 0 unspecified atom stereocenters. The van der Waals surface area contributed by atoms with E-state index in [2.05, 4.69) is 12.2 Å². The van der Waals surface area contributed by atoms with Crippen LogP contribution in [0.3, 0.4) is 0 Å². The Labute approximate surface area is 143 Å². The summed E-state index contributed by atoms with van der Waals surface area (Å²) in [6, 6.07) is 0. The number of ether oxygens (including phenoxy) is 1. The molecular formula is C15H32NNaO2. The minimum Gasteiger partial charge on any atom is -1.00 e. The zero-order chi connectivity index (χ0) is 13.5. The van der Waals surface area contributed by atoms with Gasteiger partial charge in [0.05, 0.1) is 13.2 Å². The van der Waals surface area contributed by atoms with E-state index < -0.39 is 0 Å². The summed E-state index contributed by atoms with van der Waals surface area (Å²) in [5.74, 6) is -0.145. The van der Waals surface area contributed by atoms with Crippen molar-refractivity contribution < 1.29 is 40.5 Å². The number of hydrogen-bond donors (Lipinski definition) is 1. The van der Waals surface area contributed by atoms with Crippen molar-refractivity contribution in [2.45, 2.75) is 71.1 Å². The molecule has 19 heavy (non-hydrogen) atoms. The van der Waals surface area contributed by atoms with Gasteiger partial charge < -0.3 is 11.5 Å². The third-order valence-corrected chi connectivity index (χ3v) is 3.08. The maximum atomic E-state index is 11.0. The second-order valence-corrected chi connectivity index (χ2v) is 4.93. The predicted octanol–water partition coefficient (Wildman–Crippen LogP) is 0.786. The van der Waals surface area contributed by atoms with Gasteiger partial charge in [-0.05, 0) is 13.5 Å². The van der Waals surface area contributed by atoms with Gasteiger partial charge in [0.25, 0.3) is 0 Å². The molecule has 110 valence electrons. The largest absolute Gasteiger partial charge is 1.00 e. The summed E-state index contributed by atoms with van der Waals surface area (Å²) in [5, 5.41) is 2.78. The molecule has 0 aliphatic rings. The Balaban J connectivity index is -0.00000144. The van der Waals surface area contributed by atoms with Crippen LogP contribution in [-0.4, -0.2) is 26.2 Å². The number of unbranched alkanes of at least 4 members (excludes halogenated alkanes) is 9. The van der Waals surface area contributed by atoms with Crippen LogP contribution >= 0.6 is 0 Å². The van der Waals surface area contributed by atoms with Crippen molar-refractivity contribution in [2.24, 2.45) is 0 Å². The predicted molar refractivity (Wildman–Crippen MR) is 77.8 cm³/mol. The second kappa shape index (κ2) is 18.4. The van der Waals surface area contributed by atoms with Crippen LogP contribution in [0.1, 0.15) is 72.6 Å². The minimum atomic E-state index is -0.145. The average Bonchev–Trinajstić information content (AvgIpc) is 2.36. The summed E-state index contributed by atoms with van der Waals surface area (Å²) in [5.41, 5.74) is 0. The fourth-order valence-corrected chi connectivity index (χ4v) is 1.97. The van der Waals surface area contributed by atoms with Crippen molar-refractivity contribution in [3.8, 4) is 0 Å². The SMILES string of the molecule is CCCCCCCCCCCCOC(=O)CNC.[H-].[Na+]. The smallest absolute Gasteiger partial charge is 1.00 e. The molecule has 0 amide bonds. The van der Waals surface area contributed by atoms with Gasteiger partial charge in [-0.15, -0.1) is 0 Å². The van der Waals surface area contributed by atoms with Crippen LogP contribution in [-0.2, 0) is 9.53 Å². The second-order valence-electron chi connectivity index (χ2n) is 4.93. The normalized spacial score (nSPS) is 10.0. The molecule has 0 saturated carbocycles. The number of rotatable bonds is 13. The van der Waals surface area contributed by atoms with Gasteiger partial charge in [-0.2, -0.15) is 0 Å². The molecule has 0 saturated heterocycles. The van der Waals surface area contributed by atoms with E-state index in [1.54, 1.807) is 7.05 Å². The number of esters is 1. The Bertz CT molecular complexity index is 195. The van der Waals surface area contributed by atoms with Crippen LogP contribution in [0.2, 0.25) is 0 Å². The van der Waals surface area contributed by atoms with Crippen LogP contribution in [0.5, 0.6) is 0 Å². The molecule has 0 fully saturated rings. The summed E-state index contributed by atoms with van der Waals surface area (Å²) < 4.78 is 5.05. The zero-order valence-electron chi connectivity index (χ0n) is 14.3. The summed E-state index contributed by atoms with van der Waals surface area (Å²) in [6.07, 6.45) is 13.1. The van der Waals surface area contributed by atoms with Gasteiger partial charge >= 0.3 is 35.5 Å². The standard InChI is InChI=1S/C15H31NO2.Na.H/c1-3-4-5-6-7-8-9-10-11-12-13-18-15(17)14-16-2;;/h16H,3-14H2,1-2H3;;/q;+1;-1. The van der Waals surface area contributed by atoms with Gasteiger partial charge in [-0.25, -0.2) is 0 Å². The van der Waals surface area contributed by atoms with E-state index in [0.29, 0.717) is 13.2 Å². The first-order chi connectivity index (χ1) is 8.81. The van der Waals surface area contributed by atoms with Gasteiger partial charge in [0.15, 0.2) is 0 Å². The number of carbonyl (C=O) groups is 1. The van der Waals surface area contributed by atoms with E-state index in [0.717, 1.165) is 6.42 Å². The molecule has 0 aliphatic carbocycles. The van der Waals surface area contributed by atoms with E-state index in [1.807, 2.05) is 0 Å².